The second-order valence-corrected chi connectivity index (χ2v) is 8.05. The highest BCUT2D eigenvalue weighted by Gasteiger charge is 2.30. The number of hydrogen-bond acceptors (Lipinski definition) is 6. The zero-order valence-electron chi connectivity index (χ0n) is 14.6. The maximum Gasteiger partial charge on any atom is 0.261 e. The molecule has 0 spiro atoms. The smallest absolute Gasteiger partial charge is 0.261 e. The molecule has 134 valence electrons. The topological polar surface area (TPSA) is 84.1 Å². The lowest BCUT2D eigenvalue weighted by molar-refractivity contribution is -0.0379. The van der Waals surface area contributed by atoms with Crippen LogP contribution in [-0.4, -0.2) is 27.9 Å². The number of ether oxygens (including phenoxy) is 1. The Labute approximate surface area is 154 Å². The number of benzene rings is 1. The monoisotopic (exact) mass is 369 g/mol. The molecular formula is C19H19N3O3S. The van der Waals surface area contributed by atoms with Gasteiger partial charge in [0.2, 0.25) is 5.95 Å². The number of Topliss-reactive ketones (excluding diaryl/α,β-unsaturated/α-hetero) is 1. The van der Waals surface area contributed by atoms with Crippen molar-refractivity contribution in [3.05, 3.63) is 56.7 Å². The van der Waals surface area contributed by atoms with Crippen molar-refractivity contribution in [2.75, 3.05) is 11.9 Å². The molecule has 1 aliphatic rings. The average Bonchev–Trinajstić information content (AvgIpc) is 2.97. The summed E-state index contributed by atoms with van der Waals surface area (Å²) in [6.45, 7) is 4.61. The number of nitrogens with zero attached hydrogens (tertiary/aromatic N) is 1. The van der Waals surface area contributed by atoms with E-state index in [0.717, 1.165) is 10.4 Å². The number of aromatic nitrogens is 2. The van der Waals surface area contributed by atoms with Gasteiger partial charge in [0.05, 0.1) is 24.1 Å². The lowest BCUT2D eigenvalue weighted by atomic mass is 9.94. The van der Waals surface area contributed by atoms with Gasteiger partial charge in [-0.2, -0.15) is 0 Å². The van der Waals surface area contributed by atoms with Crippen molar-refractivity contribution in [2.45, 2.75) is 32.5 Å². The fraction of sp³-hybridized carbons (Fsp3) is 0.316. The van der Waals surface area contributed by atoms with E-state index >= 15 is 0 Å². The molecule has 7 heteroatoms. The first-order valence-electron chi connectivity index (χ1n) is 8.43. The molecule has 0 fully saturated rings. The van der Waals surface area contributed by atoms with Crippen molar-refractivity contribution in [1.82, 2.24) is 9.97 Å². The number of fused-ring (bicyclic) bond motifs is 3. The molecule has 0 bridgehead atoms. The molecule has 0 saturated heterocycles. The third-order valence-electron chi connectivity index (χ3n) is 4.45. The molecule has 0 saturated carbocycles. The third kappa shape index (κ3) is 3.15. The highest BCUT2D eigenvalue weighted by Crippen LogP contribution is 2.36. The number of thiophene rings is 1. The lowest BCUT2D eigenvalue weighted by Crippen LogP contribution is -2.31. The van der Waals surface area contributed by atoms with E-state index in [4.69, 9.17) is 4.74 Å². The molecular weight excluding hydrogens is 350 g/mol. The minimum Gasteiger partial charge on any atom is -0.370 e. The van der Waals surface area contributed by atoms with Crippen LogP contribution in [0.3, 0.4) is 0 Å². The zero-order chi connectivity index (χ0) is 18.3. The van der Waals surface area contributed by atoms with Gasteiger partial charge in [0.15, 0.2) is 5.78 Å². The van der Waals surface area contributed by atoms with Crippen molar-refractivity contribution in [1.29, 1.82) is 0 Å². The maximum absolute atomic E-state index is 12.6. The van der Waals surface area contributed by atoms with Crippen molar-refractivity contribution in [3.63, 3.8) is 0 Å². The first-order chi connectivity index (χ1) is 12.4. The molecule has 6 nitrogen and oxygen atoms in total. The number of carbonyl (C=O) groups excluding carboxylic acids is 1. The van der Waals surface area contributed by atoms with Crippen LogP contribution in [0.2, 0.25) is 0 Å². The van der Waals surface area contributed by atoms with Gasteiger partial charge in [-0.05, 0) is 19.4 Å². The minimum absolute atomic E-state index is 0.0611. The number of aromatic amines is 1. The number of nitrogens with one attached hydrogen (secondary N) is 2. The van der Waals surface area contributed by atoms with Crippen LogP contribution < -0.4 is 10.9 Å². The summed E-state index contributed by atoms with van der Waals surface area (Å²) in [7, 11) is 0. The Balaban J connectivity index is 1.60. The van der Waals surface area contributed by atoms with E-state index in [1.807, 2.05) is 32.0 Å². The number of hydrogen-bond donors (Lipinski definition) is 2. The van der Waals surface area contributed by atoms with Crippen molar-refractivity contribution in [3.8, 4) is 0 Å². The fourth-order valence-electron chi connectivity index (χ4n) is 3.13. The molecule has 4 rings (SSSR count). The van der Waals surface area contributed by atoms with E-state index in [9.17, 15) is 9.59 Å². The molecule has 0 aliphatic carbocycles. The first kappa shape index (κ1) is 16.9. The van der Waals surface area contributed by atoms with Gasteiger partial charge >= 0.3 is 0 Å². The summed E-state index contributed by atoms with van der Waals surface area (Å²) in [6.07, 6.45) is 0.687. The molecule has 0 amide bonds. The predicted molar refractivity (Wildman–Crippen MR) is 102 cm³/mol. The van der Waals surface area contributed by atoms with E-state index in [-0.39, 0.29) is 23.5 Å². The third-order valence-corrected chi connectivity index (χ3v) is 5.55. The van der Waals surface area contributed by atoms with Crippen molar-refractivity contribution >= 4 is 33.3 Å². The Kier molecular flexibility index (Phi) is 4.13. The van der Waals surface area contributed by atoms with Crippen LogP contribution in [0.25, 0.3) is 10.2 Å². The molecule has 0 radical (unpaired) electrons. The van der Waals surface area contributed by atoms with Crippen LogP contribution >= 0.6 is 11.3 Å². The molecule has 3 heterocycles. The van der Waals surface area contributed by atoms with Crippen LogP contribution in [0.5, 0.6) is 0 Å². The quantitative estimate of drug-likeness (QED) is 0.690. The molecule has 0 unspecified atom stereocenters. The Morgan fingerprint density at radius 1 is 1.35 bits per heavy atom. The van der Waals surface area contributed by atoms with E-state index in [0.29, 0.717) is 34.8 Å². The summed E-state index contributed by atoms with van der Waals surface area (Å²) >= 11 is 1.48. The number of ketones is 1. The summed E-state index contributed by atoms with van der Waals surface area (Å²) in [6, 6.07) is 9.02. The van der Waals surface area contributed by atoms with E-state index < -0.39 is 0 Å². The molecule has 26 heavy (non-hydrogen) atoms. The Bertz CT molecular complexity index is 1040. The minimum atomic E-state index is -0.285. The molecule has 1 aromatic carbocycles. The van der Waals surface area contributed by atoms with E-state index in [1.165, 1.54) is 11.3 Å². The van der Waals surface area contributed by atoms with Gasteiger partial charge in [-0.15, -0.1) is 11.3 Å². The van der Waals surface area contributed by atoms with Gasteiger partial charge in [-0.25, -0.2) is 4.98 Å². The Hall–Kier alpha value is -2.51. The fourth-order valence-corrected chi connectivity index (χ4v) is 4.23. The van der Waals surface area contributed by atoms with Crippen LogP contribution in [0.4, 0.5) is 5.95 Å². The summed E-state index contributed by atoms with van der Waals surface area (Å²) in [5.41, 5.74) is 1.18. The van der Waals surface area contributed by atoms with Gasteiger partial charge in [-0.3, -0.25) is 14.6 Å². The SMILES string of the molecule is CC1(C)Cc2c(sc3nc(NCC(=O)c4ccccc4)[nH]c(=O)c23)CO1. The highest BCUT2D eigenvalue weighted by atomic mass is 32.1. The Morgan fingerprint density at radius 2 is 2.12 bits per heavy atom. The number of H-pyrrole nitrogens is 1. The second kappa shape index (κ2) is 6.34. The zero-order valence-corrected chi connectivity index (χ0v) is 15.4. The van der Waals surface area contributed by atoms with Crippen LogP contribution in [0, 0.1) is 0 Å². The largest absolute Gasteiger partial charge is 0.370 e. The van der Waals surface area contributed by atoms with Crippen molar-refractivity contribution in [2.24, 2.45) is 0 Å². The van der Waals surface area contributed by atoms with Crippen LogP contribution in [0.15, 0.2) is 35.1 Å². The number of anilines is 1. The molecule has 2 N–H and O–H groups in total. The standard InChI is InChI=1S/C19H19N3O3S/c1-19(2)8-12-14(10-25-19)26-17-15(12)16(24)21-18(22-17)20-9-13(23)11-6-4-3-5-7-11/h3-7H,8-10H2,1-2H3,(H2,20,21,22,24). The normalized spacial score (nSPS) is 15.6. The lowest BCUT2D eigenvalue weighted by Gasteiger charge is -2.29. The summed E-state index contributed by atoms with van der Waals surface area (Å²) < 4.78 is 5.83. The van der Waals surface area contributed by atoms with E-state index in [2.05, 4.69) is 15.3 Å². The van der Waals surface area contributed by atoms with Gasteiger partial charge < -0.3 is 10.1 Å². The van der Waals surface area contributed by atoms with E-state index in [1.54, 1.807) is 12.1 Å². The predicted octanol–water partition coefficient (Wildman–Crippen LogP) is 3.13. The van der Waals surface area contributed by atoms with Crippen molar-refractivity contribution < 1.29 is 9.53 Å². The van der Waals surface area contributed by atoms with Crippen LogP contribution in [0.1, 0.15) is 34.6 Å². The van der Waals surface area contributed by atoms with Gasteiger partial charge in [0.25, 0.3) is 5.56 Å². The number of rotatable bonds is 4. The highest BCUT2D eigenvalue weighted by molar-refractivity contribution is 7.18. The molecule has 1 aliphatic heterocycles. The molecule has 2 aromatic heterocycles. The Morgan fingerprint density at radius 3 is 2.88 bits per heavy atom. The molecule has 0 atom stereocenters. The second-order valence-electron chi connectivity index (χ2n) is 6.97. The maximum atomic E-state index is 12.6. The van der Waals surface area contributed by atoms with Gasteiger partial charge in [0, 0.05) is 16.9 Å². The molecule has 3 aromatic rings. The summed E-state index contributed by atoms with van der Waals surface area (Å²) in [5, 5.41) is 3.57. The van der Waals surface area contributed by atoms with Crippen LogP contribution in [-0.2, 0) is 17.8 Å². The van der Waals surface area contributed by atoms with Gasteiger partial charge in [-0.1, -0.05) is 30.3 Å². The summed E-state index contributed by atoms with van der Waals surface area (Å²) in [4.78, 5) is 33.8. The first-order valence-corrected chi connectivity index (χ1v) is 9.25. The average molecular weight is 369 g/mol. The summed E-state index contributed by atoms with van der Waals surface area (Å²) in [5.74, 6) is 0.250. The van der Waals surface area contributed by atoms with Gasteiger partial charge in [0.1, 0.15) is 4.83 Å². The number of carbonyl (C=O) groups is 1.